The quantitative estimate of drug-likeness (QED) is 0.883. The summed E-state index contributed by atoms with van der Waals surface area (Å²) in [6.45, 7) is 2.42. The van der Waals surface area contributed by atoms with Crippen LogP contribution in [0.4, 0.5) is 0 Å². The molecule has 0 saturated carbocycles. The second kappa shape index (κ2) is 5.24. The zero-order valence-corrected chi connectivity index (χ0v) is 12.0. The Kier molecular flexibility index (Phi) is 3.41. The van der Waals surface area contributed by atoms with Gasteiger partial charge >= 0.3 is 0 Å². The molecule has 2 heterocycles. The maximum Gasteiger partial charge on any atom is 0.270 e. The van der Waals surface area contributed by atoms with Gasteiger partial charge in [-0.25, -0.2) is 0 Å². The molecule has 0 radical (unpaired) electrons. The SMILES string of the molecule is C[C@@H]1CC[C@@H](C(N)=O)CN1C(=O)c1cc2ccccc2[nH]1. The number of benzene rings is 1. The largest absolute Gasteiger partial charge is 0.369 e. The van der Waals surface area contributed by atoms with E-state index in [0.717, 1.165) is 23.7 Å². The predicted octanol–water partition coefficient (Wildman–Crippen LogP) is 1.89. The molecule has 2 atom stereocenters. The molecule has 3 N–H and O–H groups in total. The average molecular weight is 285 g/mol. The molecule has 0 bridgehead atoms. The first-order chi connectivity index (χ1) is 10.1. The van der Waals surface area contributed by atoms with Crippen molar-refractivity contribution >= 4 is 22.7 Å². The highest BCUT2D eigenvalue weighted by Gasteiger charge is 2.32. The lowest BCUT2D eigenvalue weighted by Gasteiger charge is -2.36. The fourth-order valence-corrected chi connectivity index (χ4v) is 2.97. The fraction of sp³-hybridized carbons (Fsp3) is 0.375. The highest BCUT2D eigenvalue weighted by Crippen LogP contribution is 2.24. The van der Waals surface area contributed by atoms with E-state index >= 15 is 0 Å². The van der Waals surface area contributed by atoms with E-state index < -0.39 is 0 Å². The number of likely N-dealkylation sites (tertiary alicyclic amines) is 1. The van der Waals surface area contributed by atoms with Crippen LogP contribution in [0, 0.1) is 5.92 Å². The van der Waals surface area contributed by atoms with Crippen molar-refractivity contribution < 1.29 is 9.59 Å². The molecule has 1 aliphatic rings. The van der Waals surface area contributed by atoms with Gasteiger partial charge in [-0.3, -0.25) is 9.59 Å². The topological polar surface area (TPSA) is 79.2 Å². The number of piperidine rings is 1. The first kappa shape index (κ1) is 13.7. The van der Waals surface area contributed by atoms with Crippen molar-refractivity contribution in [2.45, 2.75) is 25.8 Å². The van der Waals surface area contributed by atoms with Crippen LogP contribution in [0.1, 0.15) is 30.3 Å². The summed E-state index contributed by atoms with van der Waals surface area (Å²) in [5.74, 6) is -0.629. The number of rotatable bonds is 2. The van der Waals surface area contributed by atoms with Crippen LogP contribution in [0.25, 0.3) is 10.9 Å². The molecule has 5 nitrogen and oxygen atoms in total. The van der Waals surface area contributed by atoms with Crippen LogP contribution in [-0.2, 0) is 4.79 Å². The molecule has 1 aromatic carbocycles. The second-order valence-corrected chi connectivity index (χ2v) is 5.75. The zero-order valence-electron chi connectivity index (χ0n) is 12.0. The van der Waals surface area contributed by atoms with E-state index in [-0.39, 0.29) is 23.8 Å². The third-order valence-corrected chi connectivity index (χ3v) is 4.31. The van der Waals surface area contributed by atoms with Crippen molar-refractivity contribution in [1.82, 2.24) is 9.88 Å². The summed E-state index contributed by atoms with van der Waals surface area (Å²) in [5.41, 5.74) is 6.90. The number of hydrogen-bond acceptors (Lipinski definition) is 2. The second-order valence-electron chi connectivity index (χ2n) is 5.75. The normalized spacial score (nSPS) is 22.4. The first-order valence-electron chi connectivity index (χ1n) is 7.24. The molecule has 3 rings (SSSR count). The van der Waals surface area contributed by atoms with E-state index in [9.17, 15) is 9.59 Å². The van der Waals surface area contributed by atoms with E-state index in [1.807, 2.05) is 37.3 Å². The number of carbonyl (C=O) groups excluding carboxylic acids is 2. The summed E-state index contributed by atoms with van der Waals surface area (Å²) < 4.78 is 0. The van der Waals surface area contributed by atoms with Crippen LogP contribution >= 0.6 is 0 Å². The summed E-state index contributed by atoms with van der Waals surface area (Å²) in [4.78, 5) is 29.0. The molecule has 0 spiro atoms. The van der Waals surface area contributed by atoms with Crippen molar-refractivity contribution in [2.75, 3.05) is 6.54 Å². The van der Waals surface area contributed by atoms with E-state index in [4.69, 9.17) is 5.73 Å². The van der Waals surface area contributed by atoms with Crippen molar-refractivity contribution in [2.24, 2.45) is 11.7 Å². The molecular formula is C16H19N3O2. The smallest absolute Gasteiger partial charge is 0.270 e. The number of para-hydroxylation sites is 1. The lowest BCUT2D eigenvalue weighted by atomic mass is 9.92. The number of aromatic nitrogens is 1. The number of primary amides is 1. The molecule has 110 valence electrons. The molecule has 0 aliphatic carbocycles. The van der Waals surface area contributed by atoms with Crippen molar-refractivity contribution in [1.29, 1.82) is 0 Å². The maximum atomic E-state index is 12.7. The number of nitrogens with one attached hydrogen (secondary N) is 1. The van der Waals surface area contributed by atoms with Crippen LogP contribution in [0.15, 0.2) is 30.3 Å². The number of aromatic amines is 1. The Morgan fingerprint density at radius 1 is 1.29 bits per heavy atom. The number of hydrogen-bond donors (Lipinski definition) is 2. The van der Waals surface area contributed by atoms with Gasteiger partial charge in [0.25, 0.3) is 5.91 Å². The number of amides is 2. The predicted molar refractivity (Wildman–Crippen MR) is 80.7 cm³/mol. The van der Waals surface area contributed by atoms with Crippen LogP contribution in [0.2, 0.25) is 0 Å². The first-order valence-corrected chi connectivity index (χ1v) is 7.24. The van der Waals surface area contributed by atoms with Crippen LogP contribution in [0.3, 0.4) is 0 Å². The number of carbonyl (C=O) groups is 2. The minimum atomic E-state index is -0.323. The van der Waals surface area contributed by atoms with Gasteiger partial charge in [0.15, 0.2) is 0 Å². The molecule has 2 amide bonds. The maximum absolute atomic E-state index is 12.7. The average Bonchev–Trinajstić information content (AvgIpc) is 2.90. The van der Waals surface area contributed by atoms with Gasteiger partial charge in [-0.1, -0.05) is 18.2 Å². The Morgan fingerprint density at radius 3 is 2.76 bits per heavy atom. The Hall–Kier alpha value is -2.30. The molecular weight excluding hydrogens is 266 g/mol. The molecule has 1 fully saturated rings. The third-order valence-electron chi connectivity index (χ3n) is 4.31. The summed E-state index contributed by atoms with van der Waals surface area (Å²) in [6.07, 6.45) is 1.56. The highest BCUT2D eigenvalue weighted by molar-refractivity contribution is 5.98. The summed E-state index contributed by atoms with van der Waals surface area (Å²) in [5, 5.41) is 1.01. The number of fused-ring (bicyclic) bond motifs is 1. The third kappa shape index (κ3) is 2.51. The van der Waals surface area contributed by atoms with Gasteiger partial charge in [-0.15, -0.1) is 0 Å². The van der Waals surface area contributed by atoms with Crippen LogP contribution < -0.4 is 5.73 Å². The summed E-state index contributed by atoms with van der Waals surface area (Å²) in [6, 6.07) is 9.76. The molecule has 5 heteroatoms. The van der Waals surface area contributed by atoms with Crippen molar-refractivity contribution in [3.63, 3.8) is 0 Å². The van der Waals surface area contributed by atoms with Gasteiger partial charge in [0.2, 0.25) is 5.91 Å². The Labute approximate surface area is 123 Å². The van der Waals surface area contributed by atoms with E-state index in [1.54, 1.807) is 4.90 Å². The molecule has 1 aromatic heterocycles. The molecule has 2 aromatic rings. The van der Waals surface area contributed by atoms with E-state index in [1.165, 1.54) is 0 Å². The van der Waals surface area contributed by atoms with Gasteiger partial charge < -0.3 is 15.6 Å². The molecule has 1 aliphatic heterocycles. The van der Waals surface area contributed by atoms with Crippen molar-refractivity contribution in [3.05, 3.63) is 36.0 Å². The molecule has 1 saturated heterocycles. The summed E-state index contributed by atoms with van der Waals surface area (Å²) >= 11 is 0. The lowest BCUT2D eigenvalue weighted by Crippen LogP contribution is -2.48. The number of H-pyrrole nitrogens is 1. The molecule has 0 unspecified atom stereocenters. The molecule has 21 heavy (non-hydrogen) atoms. The Balaban J connectivity index is 1.87. The van der Waals surface area contributed by atoms with Crippen molar-refractivity contribution in [3.8, 4) is 0 Å². The lowest BCUT2D eigenvalue weighted by molar-refractivity contribution is -0.123. The van der Waals surface area contributed by atoms with E-state index in [0.29, 0.717) is 12.2 Å². The van der Waals surface area contributed by atoms with Crippen LogP contribution in [-0.4, -0.2) is 34.3 Å². The van der Waals surface area contributed by atoms with Gasteiger partial charge in [0.05, 0.1) is 5.92 Å². The van der Waals surface area contributed by atoms with Crippen LogP contribution in [0.5, 0.6) is 0 Å². The fourth-order valence-electron chi connectivity index (χ4n) is 2.97. The Bertz CT molecular complexity index is 659. The van der Waals surface area contributed by atoms with Gasteiger partial charge in [0.1, 0.15) is 5.69 Å². The monoisotopic (exact) mass is 285 g/mol. The van der Waals surface area contributed by atoms with E-state index in [2.05, 4.69) is 4.98 Å². The van der Waals surface area contributed by atoms with Gasteiger partial charge in [0, 0.05) is 23.5 Å². The number of nitrogens with two attached hydrogens (primary N) is 1. The zero-order chi connectivity index (χ0) is 15.0. The Morgan fingerprint density at radius 2 is 2.05 bits per heavy atom. The van der Waals surface area contributed by atoms with Gasteiger partial charge in [-0.2, -0.15) is 0 Å². The minimum Gasteiger partial charge on any atom is -0.369 e. The van der Waals surface area contributed by atoms with Gasteiger partial charge in [-0.05, 0) is 31.9 Å². The standard InChI is InChI=1S/C16H19N3O2/c1-10-6-7-12(15(17)20)9-19(10)16(21)14-8-11-4-2-3-5-13(11)18-14/h2-5,8,10,12,18H,6-7,9H2,1H3,(H2,17,20)/t10-,12-/m1/s1. The highest BCUT2D eigenvalue weighted by atomic mass is 16.2. The number of nitrogens with zero attached hydrogens (tertiary/aromatic N) is 1. The minimum absolute atomic E-state index is 0.0651. The summed E-state index contributed by atoms with van der Waals surface area (Å²) in [7, 11) is 0.